The number of aliphatic hydroxyl groups is 1. The first-order chi connectivity index (χ1) is 16.8. The van der Waals surface area contributed by atoms with Crippen molar-refractivity contribution >= 4 is 11.8 Å². The SMILES string of the molecule is CC(C)[C@@H]1NC(=O)[C@@H]([C@H](O)[C@@H](N)Cc2ccccc2)NCc2ccc(cc2)OCCCCNC1=O. The van der Waals surface area contributed by atoms with Crippen LogP contribution in [-0.4, -0.2) is 54.3 Å². The minimum atomic E-state index is -1.17. The van der Waals surface area contributed by atoms with Crippen molar-refractivity contribution in [2.45, 2.75) is 63.9 Å². The number of rotatable bonds is 5. The van der Waals surface area contributed by atoms with Crippen molar-refractivity contribution in [3.05, 3.63) is 65.7 Å². The fourth-order valence-electron chi connectivity index (χ4n) is 4.07. The van der Waals surface area contributed by atoms with Crippen molar-refractivity contribution in [2.24, 2.45) is 11.7 Å². The number of carbonyl (C=O) groups excluding carboxylic acids is 2. The Morgan fingerprint density at radius 1 is 1.00 bits per heavy atom. The van der Waals surface area contributed by atoms with E-state index < -0.39 is 30.1 Å². The Morgan fingerprint density at radius 3 is 2.40 bits per heavy atom. The van der Waals surface area contributed by atoms with Crippen molar-refractivity contribution in [2.75, 3.05) is 13.2 Å². The summed E-state index contributed by atoms with van der Waals surface area (Å²) < 4.78 is 5.78. The Labute approximate surface area is 207 Å². The molecular formula is C27H38N4O4. The maximum absolute atomic E-state index is 13.4. The molecule has 0 saturated carbocycles. The van der Waals surface area contributed by atoms with E-state index in [1.807, 2.05) is 68.4 Å². The number of aliphatic hydroxyl groups excluding tert-OH is 1. The lowest BCUT2D eigenvalue weighted by atomic mass is 9.95. The summed E-state index contributed by atoms with van der Waals surface area (Å²) in [4.78, 5) is 26.2. The number of nitrogens with two attached hydrogens (primary N) is 1. The van der Waals surface area contributed by atoms with E-state index in [1.54, 1.807) is 0 Å². The van der Waals surface area contributed by atoms with Crippen LogP contribution in [0.15, 0.2) is 54.6 Å². The third-order valence-corrected chi connectivity index (χ3v) is 6.21. The first kappa shape index (κ1) is 26.7. The zero-order valence-electron chi connectivity index (χ0n) is 20.6. The third-order valence-electron chi connectivity index (χ3n) is 6.21. The average molecular weight is 483 g/mol. The predicted molar refractivity (Wildman–Crippen MR) is 136 cm³/mol. The summed E-state index contributed by atoms with van der Waals surface area (Å²) in [5.74, 6) is -0.0692. The van der Waals surface area contributed by atoms with E-state index in [0.717, 1.165) is 29.7 Å². The number of benzene rings is 2. The largest absolute Gasteiger partial charge is 0.494 e. The molecule has 0 aromatic heterocycles. The van der Waals surface area contributed by atoms with Crippen LogP contribution in [0.25, 0.3) is 0 Å². The summed E-state index contributed by atoms with van der Waals surface area (Å²) >= 11 is 0. The van der Waals surface area contributed by atoms with Crippen LogP contribution in [0.5, 0.6) is 5.75 Å². The van der Waals surface area contributed by atoms with Gasteiger partial charge in [-0.15, -0.1) is 0 Å². The second-order valence-electron chi connectivity index (χ2n) is 9.42. The molecule has 8 nitrogen and oxygen atoms in total. The van der Waals surface area contributed by atoms with Crippen molar-refractivity contribution in [1.29, 1.82) is 0 Å². The molecule has 4 atom stereocenters. The van der Waals surface area contributed by atoms with Gasteiger partial charge in [-0.25, -0.2) is 0 Å². The van der Waals surface area contributed by atoms with E-state index >= 15 is 0 Å². The average Bonchev–Trinajstić information content (AvgIpc) is 2.85. The Hall–Kier alpha value is -2.94. The highest BCUT2D eigenvalue weighted by Crippen LogP contribution is 2.14. The van der Waals surface area contributed by atoms with E-state index in [0.29, 0.717) is 26.1 Å². The summed E-state index contributed by atoms with van der Waals surface area (Å²) in [5, 5.41) is 20.1. The van der Waals surface area contributed by atoms with Gasteiger partial charge in [-0.2, -0.15) is 0 Å². The molecule has 0 spiro atoms. The zero-order valence-corrected chi connectivity index (χ0v) is 20.6. The first-order valence-corrected chi connectivity index (χ1v) is 12.4. The fraction of sp³-hybridized carbons (Fsp3) is 0.481. The van der Waals surface area contributed by atoms with Gasteiger partial charge >= 0.3 is 0 Å². The number of amides is 2. The van der Waals surface area contributed by atoms with Gasteiger partial charge in [0.25, 0.3) is 0 Å². The molecule has 0 aliphatic carbocycles. The number of nitrogens with one attached hydrogen (secondary N) is 3. The second kappa shape index (κ2) is 13.2. The van der Waals surface area contributed by atoms with Crippen LogP contribution in [0.2, 0.25) is 0 Å². The summed E-state index contributed by atoms with van der Waals surface area (Å²) in [5.41, 5.74) is 8.26. The van der Waals surface area contributed by atoms with E-state index in [-0.39, 0.29) is 11.8 Å². The fourth-order valence-corrected chi connectivity index (χ4v) is 4.07. The standard InChI is InChI=1S/C27H38N4O4/c1-18(2)23-26(33)29-14-6-7-15-35-21-12-10-20(11-13-21)17-30-24(27(34)31-23)25(32)22(28)16-19-8-4-3-5-9-19/h3-5,8-13,18,22-25,30,32H,6-7,14-17,28H2,1-2H3,(H,29,33)(H,31,34)/t22-,23-,24+,25+/m0/s1. The Bertz CT molecular complexity index is 936. The minimum absolute atomic E-state index is 0.132. The third kappa shape index (κ3) is 8.06. The molecule has 2 heterocycles. The molecule has 2 aliphatic rings. The van der Waals surface area contributed by atoms with Crippen LogP contribution >= 0.6 is 0 Å². The van der Waals surface area contributed by atoms with Gasteiger partial charge in [0.05, 0.1) is 12.7 Å². The van der Waals surface area contributed by atoms with Gasteiger partial charge in [0.1, 0.15) is 17.8 Å². The molecule has 2 aromatic carbocycles. The summed E-state index contributed by atoms with van der Waals surface area (Å²) in [6, 6.07) is 14.8. The highest BCUT2D eigenvalue weighted by atomic mass is 16.5. The second-order valence-corrected chi connectivity index (χ2v) is 9.42. The first-order valence-electron chi connectivity index (χ1n) is 12.4. The molecule has 35 heavy (non-hydrogen) atoms. The molecule has 4 rings (SSSR count). The molecule has 2 amide bonds. The van der Waals surface area contributed by atoms with Crippen molar-refractivity contribution in [3.63, 3.8) is 0 Å². The number of fused-ring (bicyclic) bond motifs is 14. The lowest BCUT2D eigenvalue weighted by Crippen LogP contribution is -2.61. The van der Waals surface area contributed by atoms with E-state index in [9.17, 15) is 14.7 Å². The highest BCUT2D eigenvalue weighted by Gasteiger charge is 2.34. The van der Waals surface area contributed by atoms with Gasteiger partial charge in [-0.3, -0.25) is 14.9 Å². The van der Waals surface area contributed by atoms with Gasteiger partial charge in [0.2, 0.25) is 11.8 Å². The van der Waals surface area contributed by atoms with E-state index in [4.69, 9.17) is 10.5 Å². The number of carbonyl (C=O) groups is 2. The van der Waals surface area contributed by atoms with Gasteiger partial charge in [-0.1, -0.05) is 56.3 Å². The van der Waals surface area contributed by atoms with Gasteiger partial charge in [0, 0.05) is 19.1 Å². The van der Waals surface area contributed by atoms with Crippen LogP contribution < -0.4 is 26.4 Å². The van der Waals surface area contributed by atoms with Crippen LogP contribution in [0.3, 0.4) is 0 Å². The smallest absolute Gasteiger partial charge is 0.242 e. The molecule has 190 valence electrons. The molecule has 6 N–H and O–H groups in total. The van der Waals surface area contributed by atoms with Crippen molar-refractivity contribution < 1.29 is 19.4 Å². The monoisotopic (exact) mass is 482 g/mol. The summed E-state index contributed by atoms with van der Waals surface area (Å²) in [7, 11) is 0. The quantitative estimate of drug-likeness (QED) is 0.411. The number of hydrogen-bond acceptors (Lipinski definition) is 6. The van der Waals surface area contributed by atoms with Gasteiger partial charge in [0.15, 0.2) is 0 Å². The van der Waals surface area contributed by atoms with E-state index in [2.05, 4.69) is 16.0 Å². The molecule has 0 unspecified atom stereocenters. The van der Waals surface area contributed by atoms with Crippen LogP contribution in [0.1, 0.15) is 37.8 Å². The number of ether oxygens (including phenoxy) is 1. The highest BCUT2D eigenvalue weighted by molar-refractivity contribution is 5.90. The molecule has 0 saturated heterocycles. The molecule has 2 aromatic rings. The van der Waals surface area contributed by atoms with Crippen molar-refractivity contribution in [1.82, 2.24) is 16.0 Å². The van der Waals surface area contributed by atoms with Crippen LogP contribution in [0, 0.1) is 5.92 Å². The Balaban J connectivity index is 1.81. The molecule has 0 radical (unpaired) electrons. The van der Waals surface area contributed by atoms with Crippen LogP contribution in [0.4, 0.5) is 0 Å². The Kier molecular flexibility index (Phi) is 10.1. The molecule has 8 heteroatoms. The topological polar surface area (TPSA) is 126 Å². The maximum atomic E-state index is 13.4. The lowest BCUT2D eigenvalue weighted by molar-refractivity contribution is -0.133. The van der Waals surface area contributed by atoms with E-state index in [1.165, 1.54) is 0 Å². The summed E-state index contributed by atoms with van der Waals surface area (Å²) in [6.45, 7) is 5.15. The zero-order chi connectivity index (χ0) is 25.2. The Morgan fingerprint density at radius 2 is 1.71 bits per heavy atom. The molecule has 2 bridgehead atoms. The summed E-state index contributed by atoms with van der Waals surface area (Å²) in [6.07, 6.45) is 0.805. The van der Waals surface area contributed by atoms with Gasteiger partial charge < -0.3 is 26.2 Å². The lowest BCUT2D eigenvalue weighted by Gasteiger charge is -2.30. The van der Waals surface area contributed by atoms with Crippen LogP contribution in [-0.2, 0) is 22.6 Å². The minimum Gasteiger partial charge on any atom is -0.494 e. The molecular weight excluding hydrogens is 444 g/mol. The number of hydrogen-bond donors (Lipinski definition) is 5. The predicted octanol–water partition coefficient (Wildman–Crippen LogP) is 1.51. The molecule has 0 fully saturated rings. The van der Waals surface area contributed by atoms with Gasteiger partial charge in [-0.05, 0) is 48.4 Å². The normalized spacial score (nSPS) is 22.0. The maximum Gasteiger partial charge on any atom is 0.242 e. The molecule has 2 aliphatic heterocycles. The van der Waals surface area contributed by atoms with Crippen molar-refractivity contribution in [3.8, 4) is 5.75 Å².